The van der Waals surface area contributed by atoms with E-state index < -0.39 is 0 Å². The Morgan fingerprint density at radius 2 is 2.16 bits per heavy atom. The molecule has 1 aliphatic heterocycles. The van der Waals surface area contributed by atoms with Crippen molar-refractivity contribution in [1.82, 2.24) is 15.0 Å². The standard InChI is InChI=1S/C14H10N4O/c19-13-6-8-5-11-12(7-10(8)16-13)18-14(17-11)9-3-1-2-4-15-9/h1-5,7H,6H2,(H,16,19)(H,17,18). The first kappa shape index (κ1) is 10.3. The molecule has 2 aromatic heterocycles. The van der Waals surface area contributed by atoms with Crippen LogP contribution in [0.1, 0.15) is 5.56 Å². The Kier molecular flexibility index (Phi) is 1.97. The van der Waals surface area contributed by atoms with Crippen molar-refractivity contribution in [3.05, 3.63) is 42.1 Å². The molecule has 0 spiro atoms. The number of hydrogen-bond acceptors (Lipinski definition) is 3. The fourth-order valence-electron chi connectivity index (χ4n) is 2.36. The van der Waals surface area contributed by atoms with Crippen LogP contribution in [0.5, 0.6) is 0 Å². The molecule has 3 heterocycles. The summed E-state index contributed by atoms with van der Waals surface area (Å²) in [6.07, 6.45) is 2.17. The molecule has 0 atom stereocenters. The molecule has 0 aliphatic carbocycles. The molecule has 0 radical (unpaired) electrons. The third-order valence-corrected chi connectivity index (χ3v) is 3.24. The van der Waals surface area contributed by atoms with Crippen LogP contribution in [0.15, 0.2) is 36.5 Å². The third kappa shape index (κ3) is 1.59. The summed E-state index contributed by atoms with van der Waals surface area (Å²) in [7, 11) is 0. The Hall–Kier alpha value is -2.69. The summed E-state index contributed by atoms with van der Waals surface area (Å²) >= 11 is 0. The smallest absolute Gasteiger partial charge is 0.228 e. The van der Waals surface area contributed by atoms with Crippen molar-refractivity contribution in [2.45, 2.75) is 6.42 Å². The molecule has 0 saturated heterocycles. The summed E-state index contributed by atoms with van der Waals surface area (Å²) in [5.41, 5.74) is 4.44. The van der Waals surface area contributed by atoms with Gasteiger partial charge in [-0.05, 0) is 29.8 Å². The Balaban J connectivity index is 1.88. The van der Waals surface area contributed by atoms with Gasteiger partial charge in [-0.25, -0.2) is 4.98 Å². The van der Waals surface area contributed by atoms with E-state index in [1.54, 1.807) is 6.20 Å². The van der Waals surface area contributed by atoms with Gasteiger partial charge in [-0.3, -0.25) is 9.78 Å². The summed E-state index contributed by atoms with van der Waals surface area (Å²) in [6.45, 7) is 0. The zero-order valence-corrected chi connectivity index (χ0v) is 9.97. The van der Waals surface area contributed by atoms with Gasteiger partial charge >= 0.3 is 0 Å². The maximum absolute atomic E-state index is 11.3. The Morgan fingerprint density at radius 3 is 3.00 bits per heavy atom. The predicted molar refractivity (Wildman–Crippen MR) is 71.7 cm³/mol. The molecular weight excluding hydrogens is 240 g/mol. The minimum atomic E-state index is 0.0348. The molecule has 19 heavy (non-hydrogen) atoms. The molecule has 1 aliphatic rings. The highest BCUT2D eigenvalue weighted by molar-refractivity contribution is 6.02. The lowest BCUT2D eigenvalue weighted by Crippen LogP contribution is -2.03. The Labute approximate surface area is 108 Å². The van der Waals surface area contributed by atoms with Crippen molar-refractivity contribution < 1.29 is 4.79 Å². The summed E-state index contributed by atoms with van der Waals surface area (Å²) in [5, 5.41) is 2.83. The van der Waals surface area contributed by atoms with Gasteiger partial charge in [-0.2, -0.15) is 0 Å². The van der Waals surface area contributed by atoms with Crippen LogP contribution < -0.4 is 5.32 Å². The molecule has 5 nitrogen and oxygen atoms in total. The van der Waals surface area contributed by atoms with E-state index >= 15 is 0 Å². The van der Waals surface area contributed by atoms with Crippen LogP contribution in [-0.2, 0) is 11.2 Å². The molecule has 5 heteroatoms. The quantitative estimate of drug-likeness (QED) is 0.695. The van der Waals surface area contributed by atoms with Gasteiger partial charge in [0.2, 0.25) is 5.91 Å². The first-order chi connectivity index (χ1) is 9.29. The molecular formula is C14H10N4O. The van der Waals surface area contributed by atoms with E-state index in [9.17, 15) is 4.79 Å². The lowest BCUT2D eigenvalue weighted by atomic mass is 10.1. The average molecular weight is 250 g/mol. The fraction of sp³-hybridized carbons (Fsp3) is 0.0714. The molecule has 0 saturated carbocycles. The summed E-state index contributed by atoms with van der Waals surface area (Å²) in [5.74, 6) is 0.776. The van der Waals surface area contributed by atoms with Gasteiger partial charge in [0.1, 0.15) is 5.69 Å². The van der Waals surface area contributed by atoms with E-state index in [2.05, 4.69) is 20.3 Å². The highest BCUT2D eigenvalue weighted by Crippen LogP contribution is 2.28. The second-order valence-electron chi connectivity index (χ2n) is 4.55. The maximum atomic E-state index is 11.3. The van der Waals surface area contributed by atoms with Crippen LogP contribution in [-0.4, -0.2) is 20.9 Å². The molecule has 4 rings (SSSR count). The van der Waals surface area contributed by atoms with E-state index in [0.29, 0.717) is 6.42 Å². The van der Waals surface area contributed by atoms with Crippen LogP contribution in [0.4, 0.5) is 5.69 Å². The predicted octanol–water partition coefficient (Wildman–Crippen LogP) is 2.12. The number of pyridine rings is 1. The molecule has 1 amide bonds. The van der Waals surface area contributed by atoms with Crippen LogP contribution in [0, 0.1) is 0 Å². The minimum absolute atomic E-state index is 0.0348. The van der Waals surface area contributed by atoms with Crippen molar-refractivity contribution in [2.75, 3.05) is 5.32 Å². The number of nitrogens with zero attached hydrogens (tertiary/aromatic N) is 2. The topological polar surface area (TPSA) is 70.7 Å². The van der Waals surface area contributed by atoms with Crippen molar-refractivity contribution >= 4 is 22.6 Å². The normalized spacial score (nSPS) is 13.6. The fourth-order valence-corrected chi connectivity index (χ4v) is 2.36. The number of carbonyl (C=O) groups is 1. The van der Waals surface area contributed by atoms with Gasteiger partial charge < -0.3 is 10.3 Å². The Morgan fingerprint density at radius 1 is 1.21 bits per heavy atom. The van der Waals surface area contributed by atoms with Crippen LogP contribution in [0.3, 0.4) is 0 Å². The van der Waals surface area contributed by atoms with E-state index in [4.69, 9.17) is 0 Å². The molecule has 2 N–H and O–H groups in total. The van der Waals surface area contributed by atoms with Gasteiger partial charge in [0.05, 0.1) is 17.5 Å². The first-order valence-electron chi connectivity index (χ1n) is 6.03. The monoisotopic (exact) mass is 250 g/mol. The molecule has 0 unspecified atom stereocenters. The molecule has 1 aromatic carbocycles. The van der Waals surface area contributed by atoms with Crippen molar-refractivity contribution in [1.29, 1.82) is 0 Å². The number of hydrogen-bond donors (Lipinski definition) is 2. The van der Waals surface area contributed by atoms with Gasteiger partial charge in [-0.15, -0.1) is 0 Å². The van der Waals surface area contributed by atoms with Crippen molar-refractivity contribution in [3.63, 3.8) is 0 Å². The number of amides is 1. The minimum Gasteiger partial charge on any atom is -0.337 e. The average Bonchev–Trinajstić information content (AvgIpc) is 2.98. The number of fused-ring (bicyclic) bond motifs is 2. The van der Waals surface area contributed by atoms with Crippen LogP contribution >= 0.6 is 0 Å². The number of nitrogens with one attached hydrogen (secondary N) is 2. The number of carbonyl (C=O) groups excluding carboxylic acids is 1. The summed E-state index contributed by atoms with van der Waals surface area (Å²) in [6, 6.07) is 9.58. The summed E-state index contributed by atoms with van der Waals surface area (Å²) < 4.78 is 0. The highest BCUT2D eigenvalue weighted by atomic mass is 16.1. The molecule has 92 valence electrons. The summed E-state index contributed by atoms with van der Waals surface area (Å²) in [4.78, 5) is 23.4. The zero-order chi connectivity index (χ0) is 12.8. The lowest BCUT2D eigenvalue weighted by molar-refractivity contribution is -0.115. The van der Waals surface area contributed by atoms with Crippen molar-refractivity contribution in [2.24, 2.45) is 0 Å². The van der Waals surface area contributed by atoms with Gasteiger partial charge in [-0.1, -0.05) is 6.07 Å². The number of aromatic nitrogens is 3. The second-order valence-corrected chi connectivity index (χ2v) is 4.55. The van der Waals surface area contributed by atoms with E-state index in [-0.39, 0.29) is 5.91 Å². The number of H-pyrrole nitrogens is 1. The van der Waals surface area contributed by atoms with Crippen molar-refractivity contribution in [3.8, 4) is 11.5 Å². The van der Waals surface area contributed by atoms with Gasteiger partial charge in [0.15, 0.2) is 5.82 Å². The number of imidazole rings is 1. The lowest BCUT2D eigenvalue weighted by Gasteiger charge is -1.96. The number of benzene rings is 1. The van der Waals surface area contributed by atoms with Crippen LogP contribution in [0.25, 0.3) is 22.6 Å². The number of aromatic amines is 1. The highest BCUT2D eigenvalue weighted by Gasteiger charge is 2.19. The largest absolute Gasteiger partial charge is 0.337 e. The molecule has 0 bridgehead atoms. The van der Waals surface area contributed by atoms with Gasteiger partial charge in [0, 0.05) is 11.9 Å². The van der Waals surface area contributed by atoms with Crippen LogP contribution in [0.2, 0.25) is 0 Å². The zero-order valence-electron chi connectivity index (χ0n) is 9.97. The van der Waals surface area contributed by atoms with E-state index in [1.807, 2.05) is 30.3 Å². The second kappa shape index (κ2) is 3.65. The van der Waals surface area contributed by atoms with Gasteiger partial charge in [0.25, 0.3) is 0 Å². The van der Waals surface area contributed by atoms with E-state index in [1.165, 1.54) is 0 Å². The molecule has 3 aromatic rings. The number of rotatable bonds is 1. The third-order valence-electron chi connectivity index (χ3n) is 3.24. The SMILES string of the molecule is O=C1Cc2cc3[nH]c(-c4ccccn4)nc3cc2N1. The molecule has 0 fully saturated rings. The maximum Gasteiger partial charge on any atom is 0.228 e. The number of anilines is 1. The Bertz CT molecular complexity index is 747. The van der Waals surface area contributed by atoms with E-state index in [0.717, 1.165) is 33.8 Å². The first-order valence-corrected chi connectivity index (χ1v) is 6.03.